The Morgan fingerprint density at radius 1 is 1.29 bits per heavy atom. The Kier molecular flexibility index (Phi) is 6.36. The van der Waals surface area contributed by atoms with E-state index in [1.807, 2.05) is 18.2 Å². The highest BCUT2D eigenvalue weighted by atomic mass is 16.6. The van der Waals surface area contributed by atoms with E-state index in [4.69, 9.17) is 9.57 Å². The standard InChI is InChI=1S/C20H25NO3/c1-5-24-18(22)13-12-16-10-6-8-14(2)19(16)20-15(3)9-7-11-17(20)21-23-4/h6,8,10,12-13H,5,7,9,11H2,1-4H3/b13-12+,21-17+. The normalized spacial score (nSPS) is 16.8. The second-order valence-electron chi connectivity index (χ2n) is 5.85. The summed E-state index contributed by atoms with van der Waals surface area (Å²) in [6.45, 7) is 6.40. The van der Waals surface area contributed by atoms with Gasteiger partial charge in [0.15, 0.2) is 0 Å². The van der Waals surface area contributed by atoms with Crippen molar-refractivity contribution in [3.8, 4) is 0 Å². The van der Waals surface area contributed by atoms with Crippen LogP contribution in [0.1, 0.15) is 49.8 Å². The fourth-order valence-electron chi connectivity index (χ4n) is 3.10. The van der Waals surface area contributed by atoms with Gasteiger partial charge in [-0.05, 0) is 62.8 Å². The molecule has 0 aliphatic heterocycles. The van der Waals surface area contributed by atoms with Crippen molar-refractivity contribution in [3.05, 3.63) is 46.5 Å². The minimum absolute atomic E-state index is 0.329. The van der Waals surface area contributed by atoms with E-state index < -0.39 is 0 Å². The van der Waals surface area contributed by atoms with Gasteiger partial charge in [0.25, 0.3) is 0 Å². The Morgan fingerprint density at radius 2 is 2.08 bits per heavy atom. The zero-order valence-corrected chi connectivity index (χ0v) is 14.9. The molecule has 0 heterocycles. The van der Waals surface area contributed by atoms with Crippen molar-refractivity contribution in [1.82, 2.24) is 0 Å². The number of hydrogen-bond acceptors (Lipinski definition) is 4. The van der Waals surface area contributed by atoms with Gasteiger partial charge in [0.05, 0.1) is 12.3 Å². The average Bonchev–Trinajstić information content (AvgIpc) is 2.55. The van der Waals surface area contributed by atoms with Crippen LogP contribution in [0, 0.1) is 6.92 Å². The molecule has 0 spiro atoms. The highest BCUT2D eigenvalue weighted by Crippen LogP contribution is 2.34. The number of oxime groups is 1. The summed E-state index contributed by atoms with van der Waals surface area (Å²) in [7, 11) is 1.58. The summed E-state index contributed by atoms with van der Waals surface area (Å²) in [6, 6.07) is 6.09. The van der Waals surface area contributed by atoms with Crippen molar-refractivity contribution in [2.75, 3.05) is 13.7 Å². The number of carbonyl (C=O) groups excluding carboxylic acids is 1. The van der Waals surface area contributed by atoms with E-state index in [0.717, 1.165) is 47.2 Å². The van der Waals surface area contributed by atoms with Crippen molar-refractivity contribution >= 4 is 23.3 Å². The molecule has 0 saturated heterocycles. The van der Waals surface area contributed by atoms with Gasteiger partial charge in [-0.15, -0.1) is 0 Å². The second-order valence-corrected chi connectivity index (χ2v) is 5.85. The summed E-state index contributed by atoms with van der Waals surface area (Å²) in [6.07, 6.45) is 6.33. The minimum Gasteiger partial charge on any atom is -0.463 e. The predicted molar refractivity (Wildman–Crippen MR) is 97.7 cm³/mol. The molecule has 0 aromatic heterocycles. The molecular formula is C20H25NO3. The maximum absolute atomic E-state index is 11.7. The van der Waals surface area contributed by atoms with Crippen LogP contribution in [0.3, 0.4) is 0 Å². The summed E-state index contributed by atoms with van der Waals surface area (Å²) in [4.78, 5) is 16.7. The Balaban J connectivity index is 2.53. The van der Waals surface area contributed by atoms with Gasteiger partial charge in [-0.3, -0.25) is 0 Å². The predicted octanol–water partition coefficient (Wildman–Crippen LogP) is 4.53. The maximum atomic E-state index is 11.7. The molecule has 0 unspecified atom stereocenters. The van der Waals surface area contributed by atoms with Crippen molar-refractivity contribution < 1.29 is 14.4 Å². The lowest BCUT2D eigenvalue weighted by Crippen LogP contribution is -2.12. The summed E-state index contributed by atoms with van der Waals surface area (Å²) in [5, 5.41) is 4.24. The van der Waals surface area contributed by atoms with Crippen LogP contribution in [-0.2, 0) is 14.4 Å². The van der Waals surface area contributed by atoms with Crippen LogP contribution < -0.4 is 0 Å². The average molecular weight is 327 g/mol. The van der Waals surface area contributed by atoms with E-state index in [1.54, 1.807) is 14.0 Å². The summed E-state index contributed by atoms with van der Waals surface area (Å²) in [5.74, 6) is -0.329. The highest BCUT2D eigenvalue weighted by molar-refractivity contribution is 6.26. The number of ether oxygens (including phenoxy) is 1. The number of aryl methyl sites for hydroxylation is 1. The molecule has 1 aromatic carbocycles. The van der Waals surface area contributed by atoms with E-state index in [-0.39, 0.29) is 5.97 Å². The summed E-state index contributed by atoms with van der Waals surface area (Å²) < 4.78 is 4.98. The van der Waals surface area contributed by atoms with Gasteiger partial charge < -0.3 is 9.57 Å². The highest BCUT2D eigenvalue weighted by Gasteiger charge is 2.22. The number of nitrogens with zero attached hydrogens (tertiary/aromatic N) is 1. The lowest BCUT2D eigenvalue weighted by Gasteiger charge is -2.22. The van der Waals surface area contributed by atoms with Crippen LogP contribution in [0.4, 0.5) is 0 Å². The van der Waals surface area contributed by atoms with Crippen LogP contribution in [0.25, 0.3) is 11.6 Å². The van der Waals surface area contributed by atoms with Crippen molar-refractivity contribution in [2.45, 2.75) is 40.0 Å². The zero-order chi connectivity index (χ0) is 17.5. The van der Waals surface area contributed by atoms with Crippen molar-refractivity contribution in [1.29, 1.82) is 0 Å². The van der Waals surface area contributed by atoms with E-state index in [1.165, 1.54) is 11.6 Å². The lowest BCUT2D eigenvalue weighted by molar-refractivity contribution is -0.137. The van der Waals surface area contributed by atoms with Crippen molar-refractivity contribution in [3.63, 3.8) is 0 Å². The molecule has 0 bridgehead atoms. The number of hydrogen-bond donors (Lipinski definition) is 0. The Hall–Kier alpha value is -2.36. The third kappa shape index (κ3) is 4.13. The first-order valence-corrected chi connectivity index (χ1v) is 8.33. The third-order valence-corrected chi connectivity index (χ3v) is 4.12. The number of allylic oxidation sites excluding steroid dienone is 2. The summed E-state index contributed by atoms with van der Waals surface area (Å²) in [5.41, 5.74) is 6.68. The van der Waals surface area contributed by atoms with E-state index in [0.29, 0.717) is 6.61 Å². The fraction of sp³-hybridized carbons (Fsp3) is 0.400. The van der Waals surface area contributed by atoms with E-state index in [9.17, 15) is 4.79 Å². The SMILES string of the molecule is CCOC(=O)/C=C/c1cccc(C)c1C1=C(C)CCC/C1=N\OC. The number of esters is 1. The van der Waals surface area contributed by atoms with Crippen LogP contribution in [-0.4, -0.2) is 25.4 Å². The van der Waals surface area contributed by atoms with Crippen LogP contribution in [0.15, 0.2) is 35.0 Å². The van der Waals surface area contributed by atoms with Gasteiger partial charge in [-0.25, -0.2) is 4.79 Å². The Morgan fingerprint density at radius 3 is 2.79 bits per heavy atom. The number of carbonyl (C=O) groups is 1. The smallest absolute Gasteiger partial charge is 0.330 e. The van der Waals surface area contributed by atoms with Gasteiger partial charge >= 0.3 is 5.97 Å². The molecule has 0 amide bonds. The number of rotatable bonds is 5. The van der Waals surface area contributed by atoms with Gasteiger partial charge in [0.1, 0.15) is 7.11 Å². The molecule has 1 aliphatic rings. The first kappa shape index (κ1) is 18.0. The largest absolute Gasteiger partial charge is 0.463 e. The quantitative estimate of drug-likeness (QED) is 0.453. The molecular weight excluding hydrogens is 302 g/mol. The molecule has 4 heteroatoms. The Bertz CT molecular complexity index is 699. The summed E-state index contributed by atoms with van der Waals surface area (Å²) >= 11 is 0. The molecule has 0 fully saturated rings. The molecule has 128 valence electrons. The Labute approximate surface area is 143 Å². The first-order valence-electron chi connectivity index (χ1n) is 8.33. The van der Waals surface area contributed by atoms with Crippen LogP contribution in [0.2, 0.25) is 0 Å². The van der Waals surface area contributed by atoms with Gasteiger partial charge in [0, 0.05) is 11.6 Å². The van der Waals surface area contributed by atoms with E-state index >= 15 is 0 Å². The van der Waals surface area contributed by atoms with Crippen molar-refractivity contribution in [2.24, 2.45) is 5.16 Å². The van der Waals surface area contributed by atoms with Gasteiger partial charge in [0.2, 0.25) is 0 Å². The zero-order valence-electron chi connectivity index (χ0n) is 14.9. The lowest BCUT2D eigenvalue weighted by atomic mass is 9.82. The van der Waals surface area contributed by atoms with Crippen LogP contribution in [0.5, 0.6) is 0 Å². The molecule has 0 atom stereocenters. The molecule has 24 heavy (non-hydrogen) atoms. The van der Waals surface area contributed by atoms with E-state index in [2.05, 4.69) is 25.1 Å². The van der Waals surface area contributed by atoms with Gasteiger partial charge in [-0.2, -0.15) is 0 Å². The molecule has 0 radical (unpaired) electrons. The maximum Gasteiger partial charge on any atom is 0.330 e. The van der Waals surface area contributed by atoms with Gasteiger partial charge in [-0.1, -0.05) is 28.9 Å². The molecule has 1 aromatic rings. The number of benzene rings is 1. The monoisotopic (exact) mass is 327 g/mol. The van der Waals surface area contributed by atoms with Crippen LogP contribution >= 0.6 is 0 Å². The fourth-order valence-corrected chi connectivity index (χ4v) is 3.10. The molecule has 2 rings (SSSR count). The molecule has 0 saturated carbocycles. The molecule has 0 N–H and O–H groups in total. The topological polar surface area (TPSA) is 47.9 Å². The first-order chi connectivity index (χ1) is 11.6. The molecule has 1 aliphatic carbocycles. The third-order valence-electron chi connectivity index (χ3n) is 4.12. The minimum atomic E-state index is -0.329. The second kappa shape index (κ2) is 8.48. The molecule has 4 nitrogen and oxygen atoms in total.